The van der Waals surface area contributed by atoms with Gasteiger partial charge in [-0.3, -0.25) is 0 Å². The molecule has 0 saturated heterocycles. The van der Waals surface area contributed by atoms with Crippen molar-refractivity contribution in [1.82, 2.24) is 5.16 Å². The van der Waals surface area contributed by atoms with Crippen molar-refractivity contribution in [2.24, 2.45) is 0 Å². The molecular formula is C12H10BrNO5. The van der Waals surface area contributed by atoms with Crippen LogP contribution < -0.4 is 9.47 Å². The molecule has 0 saturated carbocycles. The van der Waals surface area contributed by atoms with E-state index in [0.29, 0.717) is 27.2 Å². The van der Waals surface area contributed by atoms with Gasteiger partial charge in [0.25, 0.3) is 0 Å². The molecule has 0 amide bonds. The second kappa shape index (κ2) is 5.31. The number of rotatable bonds is 4. The summed E-state index contributed by atoms with van der Waals surface area (Å²) in [7, 11) is 3.05. The minimum Gasteiger partial charge on any atom is -0.493 e. The van der Waals surface area contributed by atoms with Crippen molar-refractivity contribution in [1.29, 1.82) is 0 Å². The van der Waals surface area contributed by atoms with E-state index in [2.05, 4.69) is 21.1 Å². The number of aromatic nitrogens is 1. The summed E-state index contributed by atoms with van der Waals surface area (Å²) in [5.74, 6) is -0.326. The highest BCUT2D eigenvalue weighted by molar-refractivity contribution is 9.10. The van der Waals surface area contributed by atoms with Crippen LogP contribution in [0.4, 0.5) is 0 Å². The Morgan fingerprint density at radius 1 is 1.26 bits per heavy atom. The average molecular weight is 328 g/mol. The Hall–Kier alpha value is -2.02. The lowest BCUT2D eigenvalue weighted by atomic mass is 10.1. The molecule has 2 rings (SSSR count). The van der Waals surface area contributed by atoms with Gasteiger partial charge in [0, 0.05) is 16.1 Å². The van der Waals surface area contributed by atoms with Crippen LogP contribution >= 0.6 is 15.9 Å². The summed E-state index contributed by atoms with van der Waals surface area (Å²) in [4.78, 5) is 10.8. The summed E-state index contributed by atoms with van der Waals surface area (Å²) in [6, 6.07) is 4.74. The number of benzene rings is 1. The number of carboxylic acid groups (broad SMARTS) is 1. The minimum absolute atomic E-state index is 0.225. The predicted molar refractivity (Wildman–Crippen MR) is 69.7 cm³/mol. The van der Waals surface area contributed by atoms with Crippen molar-refractivity contribution in [3.05, 3.63) is 28.4 Å². The fourth-order valence-electron chi connectivity index (χ4n) is 1.55. The molecule has 0 radical (unpaired) electrons. The van der Waals surface area contributed by atoms with E-state index in [1.807, 2.05) is 0 Å². The molecule has 2 aromatic rings. The summed E-state index contributed by atoms with van der Waals surface area (Å²) in [5.41, 5.74) is 1.04. The van der Waals surface area contributed by atoms with E-state index in [9.17, 15) is 4.79 Å². The fourth-order valence-corrected chi connectivity index (χ4v) is 2.08. The lowest BCUT2D eigenvalue weighted by molar-refractivity contribution is 0.0652. The van der Waals surface area contributed by atoms with Gasteiger partial charge >= 0.3 is 5.97 Å². The van der Waals surface area contributed by atoms with Crippen molar-refractivity contribution in [2.75, 3.05) is 14.2 Å². The largest absolute Gasteiger partial charge is 0.493 e. The number of ether oxygens (including phenoxy) is 2. The minimum atomic E-state index is -1.17. The van der Waals surface area contributed by atoms with E-state index in [4.69, 9.17) is 19.1 Å². The van der Waals surface area contributed by atoms with Gasteiger partial charge in [0.2, 0.25) is 5.76 Å². The van der Waals surface area contributed by atoms with Gasteiger partial charge in [-0.2, -0.15) is 0 Å². The zero-order valence-electron chi connectivity index (χ0n) is 10.1. The molecular weight excluding hydrogens is 318 g/mol. The number of halogens is 1. The molecule has 6 nitrogen and oxygen atoms in total. The third-order valence-corrected chi connectivity index (χ3v) is 3.13. The topological polar surface area (TPSA) is 81.8 Å². The van der Waals surface area contributed by atoms with E-state index in [1.54, 1.807) is 12.1 Å². The lowest BCUT2D eigenvalue weighted by Gasteiger charge is -2.10. The SMILES string of the molecule is COc1cc(Br)c(-c2cc(C(=O)O)on2)cc1OC. The van der Waals surface area contributed by atoms with Crippen molar-refractivity contribution in [3.63, 3.8) is 0 Å². The third-order valence-electron chi connectivity index (χ3n) is 2.47. The van der Waals surface area contributed by atoms with Gasteiger partial charge in [0.1, 0.15) is 5.69 Å². The van der Waals surface area contributed by atoms with Crippen LogP contribution in [0.5, 0.6) is 11.5 Å². The summed E-state index contributed by atoms with van der Waals surface area (Å²) >= 11 is 3.37. The maximum Gasteiger partial charge on any atom is 0.374 e. The normalized spacial score (nSPS) is 10.3. The molecule has 7 heteroatoms. The molecule has 1 heterocycles. The number of carboxylic acids is 1. The van der Waals surface area contributed by atoms with E-state index in [1.165, 1.54) is 20.3 Å². The van der Waals surface area contributed by atoms with Gasteiger partial charge in [0.05, 0.1) is 14.2 Å². The summed E-state index contributed by atoms with van der Waals surface area (Å²) in [5, 5.41) is 12.5. The zero-order valence-corrected chi connectivity index (χ0v) is 11.7. The molecule has 0 atom stereocenters. The van der Waals surface area contributed by atoms with Crippen LogP contribution in [0.15, 0.2) is 27.2 Å². The smallest absolute Gasteiger partial charge is 0.374 e. The molecule has 0 spiro atoms. The highest BCUT2D eigenvalue weighted by Gasteiger charge is 2.17. The molecule has 0 aliphatic rings. The second-order valence-electron chi connectivity index (χ2n) is 3.57. The Labute approximate surface area is 117 Å². The molecule has 100 valence electrons. The van der Waals surface area contributed by atoms with Crippen LogP contribution in [-0.4, -0.2) is 30.5 Å². The number of carbonyl (C=O) groups is 1. The Balaban J connectivity index is 2.51. The van der Waals surface area contributed by atoms with Crippen LogP contribution in [0.1, 0.15) is 10.6 Å². The van der Waals surface area contributed by atoms with E-state index < -0.39 is 5.97 Å². The van der Waals surface area contributed by atoms with Gasteiger partial charge in [-0.15, -0.1) is 0 Å². The Morgan fingerprint density at radius 2 is 1.89 bits per heavy atom. The number of hydrogen-bond donors (Lipinski definition) is 1. The number of nitrogens with zero attached hydrogens (tertiary/aromatic N) is 1. The predicted octanol–water partition coefficient (Wildman–Crippen LogP) is 2.82. The van der Waals surface area contributed by atoms with Gasteiger partial charge < -0.3 is 19.1 Å². The summed E-state index contributed by atoms with van der Waals surface area (Å²) < 4.78 is 15.8. The standard InChI is InChI=1S/C12H10BrNO5/c1-17-9-3-6(7(13)4-10(9)18-2)8-5-11(12(15)16)19-14-8/h3-5H,1-2H3,(H,15,16). The second-order valence-corrected chi connectivity index (χ2v) is 4.42. The molecule has 1 aromatic heterocycles. The summed E-state index contributed by atoms with van der Waals surface area (Å²) in [6.45, 7) is 0. The Bertz CT molecular complexity index is 623. The number of aromatic carboxylic acids is 1. The molecule has 0 bridgehead atoms. The van der Waals surface area contributed by atoms with Crippen LogP contribution in [0.25, 0.3) is 11.3 Å². The van der Waals surface area contributed by atoms with Gasteiger partial charge in [0.15, 0.2) is 11.5 Å². The first kappa shape index (κ1) is 13.4. The van der Waals surface area contributed by atoms with Gasteiger partial charge in [-0.1, -0.05) is 5.16 Å². The fraction of sp³-hybridized carbons (Fsp3) is 0.167. The average Bonchev–Trinajstić information content (AvgIpc) is 2.87. The Kier molecular flexibility index (Phi) is 3.75. The van der Waals surface area contributed by atoms with Crippen LogP contribution in [-0.2, 0) is 0 Å². The first-order valence-corrected chi connectivity index (χ1v) is 5.98. The Morgan fingerprint density at radius 3 is 2.42 bits per heavy atom. The first-order chi connectivity index (χ1) is 9.06. The maximum absolute atomic E-state index is 10.8. The molecule has 1 aromatic carbocycles. The molecule has 0 fully saturated rings. The highest BCUT2D eigenvalue weighted by Crippen LogP contribution is 2.38. The van der Waals surface area contributed by atoms with Crippen LogP contribution in [0.3, 0.4) is 0 Å². The van der Waals surface area contributed by atoms with Crippen molar-refractivity contribution in [2.45, 2.75) is 0 Å². The molecule has 0 aliphatic carbocycles. The molecule has 19 heavy (non-hydrogen) atoms. The van der Waals surface area contributed by atoms with Gasteiger partial charge in [-0.05, 0) is 28.1 Å². The number of methoxy groups -OCH3 is 2. The van der Waals surface area contributed by atoms with Crippen LogP contribution in [0, 0.1) is 0 Å². The summed E-state index contributed by atoms with van der Waals surface area (Å²) in [6.07, 6.45) is 0. The van der Waals surface area contributed by atoms with Crippen molar-refractivity contribution in [3.8, 4) is 22.8 Å². The molecule has 0 unspecified atom stereocenters. The van der Waals surface area contributed by atoms with E-state index in [-0.39, 0.29) is 5.76 Å². The lowest BCUT2D eigenvalue weighted by Crippen LogP contribution is -1.93. The van der Waals surface area contributed by atoms with Gasteiger partial charge in [-0.25, -0.2) is 4.79 Å². The maximum atomic E-state index is 10.8. The van der Waals surface area contributed by atoms with Crippen LogP contribution in [0.2, 0.25) is 0 Å². The van der Waals surface area contributed by atoms with E-state index >= 15 is 0 Å². The third kappa shape index (κ3) is 2.55. The van der Waals surface area contributed by atoms with E-state index in [0.717, 1.165) is 0 Å². The zero-order chi connectivity index (χ0) is 14.0. The first-order valence-electron chi connectivity index (χ1n) is 5.18. The highest BCUT2D eigenvalue weighted by atomic mass is 79.9. The van der Waals surface area contributed by atoms with Crippen molar-refractivity contribution >= 4 is 21.9 Å². The monoisotopic (exact) mass is 327 g/mol. The number of hydrogen-bond acceptors (Lipinski definition) is 5. The molecule has 0 aliphatic heterocycles. The van der Waals surface area contributed by atoms with Crippen molar-refractivity contribution < 1.29 is 23.9 Å². The molecule has 1 N–H and O–H groups in total. The quantitative estimate of drug-likeness (QED) is 0.929.